The van der Waals surface area contributed by atoms with E-state index in [1.807, 2.05) is 12.1 Å². The molecule has 2 aromatic rings. The van der Waals surface area contributed by atoms with Crippen molar-refractivity contribution < 1.29 is 14.0 Å². The molecule has 3 rings (SSSR count). The topological polar surface area (TPSA) is 71.1 Å². The first kappa shape index (κ1) is 21.0. The summed E-state index contributed by atoms with van der Waals surface area (Å²) in [7, 11) is 0. The Balaban J connectivity index is 1.32. The van der Waals surface area contributed by atoms with Crippen molar-refractivity contribution in [2.24, 2.45) is 5.92 Å². The zero-order valence-corrected chi connectivity index (χ0v) is 16.6. The number of rotatable bonds is 8. The number of carbonyl (C=O) groups excluding carboxylic acids is 2. The average molecular weight is 397 g/mol. The van der Waals surface area contributed by atoms with E-state index < -0.39 is 0 Å². The van der Waals surface area contributed by atoms with E-state index in [9.17, 15) is 14.0 Å². The smallest absolute Gasteiger partial charge is 0.223 e. The summed E-state index contributed by atoms with van der Waals surface area (Å²) in [5.41, 5.74) is 1.67. The summed E-state index contributed by atoms with van der Waals surface area (Å²) in [5, 5.41) is 6.01. The number of hydrogen-bond donors (Lipinski definition) is 2. The number of nitrogens with zero attached hydrogens (tertiary/aromatic N) is 1. The molecular weight excluding hydrogens is 369 g/mol. The van der Waals surface area contributed by atoms with Crippen molar-refractivity contribution in [2.45, 2.75) is 51.0 Å². The number of carbonyl (C=O) groups is 2. The summed E-state index contributed by atoms with van der Waals surface area (Å²) in [6.45, 7) is 0.435. The van der Waals surface area contributed by atoms with Gasteiger partial charge in [-0.1, -0.05) is 24.3 Å². The lowest BCUT2D eigenvalue weighted by molar-refractivity contribution is -0.126. The van der Waals surface area contributed by atoms with Gasteiger partial charge in [-0.15, -0.1) is 0 Å². The van der Waals surface area contributed by atoms with E-state index in [4.69, 9.17) is 0 Å². The molecule has 1 saturated carbocycles. The van der Waals surface area contributed by atoms with E-state index >= 15 is 0 Å². The van der Waals surface area contributed by atoms with Crippen LogP contribution in [-0.4, -0.2) is 29.4 Å². The standard InChI is InChI=1S/C23H28FN3O2/c24-21-6-2-1-5-18(21)13-15-26-23(29)19-8-10-20(11-9-19)27-22(28)12-7-17-4-3-14-25-16-17/h1-6,14,16,19-20H,7-13,15H2,(H,26,29)(H,27,28). The number of pyridine rings is 1. The Morgan fingerprint density at radius 3 is 2.55 bits per heavy atom. The predicted octanol–water partition coefficient (Wildman–Crippen LogP) is 3.19. The van der Waals surface area contributed by atoms with E-state index in [2.05, 4.69) is 15.6 Å². The second-order valence-electron chi connectivity index (χ2n) is 7.61. The van der Waals surface area contributed by atoms with Crippen LogP contribution in [0, 0.1) is 11.7 Å². The molecule has 0 bridgehead atoms. The third-order valence-electron chi connectivity index (χ3n) is 5.48. The molecule has 2 N–H and O–H groups in total. The number of aromatic nitrogens is 1. The Morgan fingerprint density at radius 2 is 1.83 bits per heavy atom. The summed E-state index contributed by atoms with van der Waals surface area (Å²) >= 11 is 0. The Kier molecular flexibility index (Phi) is 7.73. The molecule has 0 aliphatic heterocycles. The van der Waals surface area contributed by atoms with Crippen LogP contribution in [0.1, 0.15) is 43.2 Å². The van der Waals surface area contributed by atoms with E-state index in [0.29, 0.717) is 31.4 Å². The number of aryl methyl sites for hydroxylation is 1. The van der Waals surface area contributed by atoms with E-state index in [1.54, 1.807) is 30.6 Å². The molecule has 154 valence electrons. The lowest BCUT2D eigenvalue weighted by atomic mass is 9.85. The van der Waals surface area contributed by atoms with Crippen molar-refractivity contribution in [2.75, 3.05) is 6.54 Å². The first-order valence-electron chi connectivity index (χ1n) is 10.3. The average Bonchev–Trinajstić information content (AvgIpc) is 2.75. The molecule has 1 heterocycles. The van der Waals surface area contributed by atoms with Gasteiger partial charge in [-0.2, -0.15) is 0 Å². The second kappa shape index (κ2) is 10.7. The van der Waals surface area contributed by atoms with Gasteiger partial charge < -0.3 is 10.6 Å². The van der Waals surface area contributed by atoms with Gasteiger partial charge in [-0.25, -0.2) is 4.39 Å². The highest BCUT2D eigenvalue weighted by Gasteiger charge is 2.26. The van der Waals surface area contributed by atoms with Crippen molar-refractivity contribution in [3.05, 3.63) is 65.7 Å². The summed E-state index contributed by atoms with van der Waals surface area (Å²) < 4.78 is 13.6. The largest absolute Gasteiger partial charge is 0.356 e. The van der Waals surface area contributed by atoms with Gasteiger partial charge in [0.1, 0.15) is 5.82 Å². The Bertz CT molecular complexity index is 805. The lowest BCUT2D eigenvalue weighted by Gasteiger charge is -2.28. The van der Waals surface area contributed by atoms with Crippen molar-refractivity contribution in [1.82, 2.24) is 15.6 Å². The second-order valence-corrected chi connectivity index (χ2v) is 7.61. The number of benzene rings is 1. The van der Waals surface area contributed by atoms with Crippen LogP contribution in [0.5, 0.6) is 0 Å². The molecule has 2 amide bonds. The fourth-order valence-electron chi connectivity index (χ4n) is 3.77. The maximum atomic E-state index is 13.6. The Labute approximate surface area is 171 Å². The highest BCUT2D eigenvalue weighted by molar-refractivity contribution is 5.79. The highest BCUT2D eigenvalue weighted by atomic mass is 19.1. The molecule has 1 aliphatic rings. The zero-order chi connectivity index (χ0) is 20.5. The number of nitrogens with one attached hydrogen (secondary N) is 2. The normalized spacial score (nSPS) is 18.8. The van der Waals surface area contributed by atoms with Crippen molar-refractivity contribution in [3.8, 4) is 0 Å². The van der Waals surface area contributed by atoms with Crippen LogP contribution >= 0.6 is 0 Å². The van der Waals surface area contributed by atoms with Crippen LogP contribution in [0.4, 0.5) is 4.39 Å². The minimum atomic E-state index is -0.235. The van der Waals surface area contributed by atoms with E-state index in [0.717, 1.165) is 31.2 Å². The van der Waals surface area contributed by atoms with Gasteiger partial charge in [-0.05, 0) is 61.8 Å². The summed E-state index contributed by atoms with van der Waals surface area (Å²) in [6.07, 6.45) is 8.26. The number of amides is 2. The van der Waals surface area contributed by atoms with Gasteiger partial charge in [0.25, 0.3) is 0 Å². The minimum Gasteiger partial charge on any atom is -0.356 e. The molecule has 5 nitrogen and oxygen atoms in total. The molecule has 29 heavy (non-hydrogen) atoms. The van der Waals surface area contributed by atoms with Gasteiger partial charge in [0.05, 0.1) is 0 Å². The molecule has 1 aromatic carbocycles. The monoisotopic (exact) mass is 397 g/mol. The maximum Gasteiger partial charge on any atom is 0.223 e. The molecule has 0 unspecified atom stereocenters. The van der Waals surface area contributed by atoms with Crippen LogP contribution in [0.15, 0.2) is 48.8 Å². The summed E-state index contributed by atoms with van der Waals surface area (Å²) in [5.74, 6) is -0.185. The lowest BCUT2D eigenvalue weighted by Crippen LogP contribution is -2.41. The molecule has 6 heteroatoms. The van der Waals surface area contributed by atoms with Crippen LogP contribution in [0.2, 0.25) is 0 Å². The number of hydrogen-bond acceptors (Lipinski definition) is 3. The fraction of sp³-hybridized carbons (Fsp3) is 0.435. The van der Waals surface area contributed by atoms with Crippen LogP contribution in [-0.2, 0) is 22.4 Å². The predicted molar refractivity (Wildman–Crippen MR) is 110 cm³/mol. The van der Waals surface area contributed by atoms with Gasteiger partial charge in [-0.3, -0.25) is 14.6 Å². The molecule has 1 aliphatic carbocycles. The molecule has 1 fully saturated rings. The van der Waals surface area contributed by atoms with Crippen molar-refractivity contribution in [1.29, 1.82) is 0 Å². The quantitative estimate of drug-likeness (QED) is 0.719. The van der Waals surface area contributed by atoms with Crippen LogP contribution < -0.4 is 10.6 Å². The number of halogens is 1. The van der Waals surface area contributed by atoms with Gasteiger partial charge >= 0.3 is 0 Å². The van der Waals surface area contributed by atoms with E-state index in [1.165, 1.54) is 6.07 Å². The summed E-state index contributed by atoms with van der Waals surface area (Å²) in [6, 6.07) is 10.6. The third-order valence-corrected chi connectivity index (χ3v) is 5.48. The van der Waals surface area contributed by atoms with Crippen molar-refractivity contribution in [3.63, 3.8) is 0 Å². The SMILES string of the molecule is O=C(CCc1cccnc1)NC1CCC(C(=O)NCCc2ccccc2F)CC1. The zero-order valence-electron chi connectivity index (χ0n) is 16.6. The molecule has 1 aromatic heterocycles. The van der Waals surface area contributed by atoms with Crippen molar-refractivity contribution >= 4 is 11.8 Å². The molecule has 0 saturated heterocycles. The molecule has 0 spiro atoms. The first-order valence-corrected chi connectivity index (χ1v) is 10.3. The van der Waals surface area contributed by atoms with Crippen LogP contribution in [0.25, 0.3) is 0 Å². The first-order chi connectivity index (χ1) is 14.1. The van der Waals surface area contributed by atoms with Gasteiger partial charge in [0, 0.05) is 37.3 Å². The third kappa shape index (κ3) is 6.66. The molecular formula is C23H28FN3O2. The Hall–Kier alpha value is -2.76. The summed E-state index contributed by atoms with van der Waals surface area (Å²) in [4.78, 5) is 28.6. The van der Waals surface area contributed by atoms with Gasteiger partial charge in [0.15, 0.2) is 0 Å². The van der Waals surface area contributed by atoms with Gasteiger partial charge in [0.2, 0.25) is 11.8 Å². The highest BCUT2D eigenvalue weighted by Crippen LogP contribution is 2.24. The maximum absolute atomic E-state index is 13.6. The molecule has 0 radical (unpaired) electrons. The minimum absolute atomic E-state index is 0.0286. The fourth-order valence-corrected chi connectivity index (χ4v) is 3.77. The molecule has 0 atom stereocenters. The Morgan fingerprint density at radius 1 is 1.03 bits per heavy atom. The van der Waals surface area contributed by atoms with E-state index in [-0.39, 0.29) is 29.6 Å². The van der Waals surface area contributed by atoms with Crippen LogP contribution in [0.3, 0.4) is 0 Å².